The van der Waals surface area contributed by atoms with Gasteiger partial charge in [-0.05, 0) is 96.7 Å². The van der Waals surface area contributed by atoms with Gasteiger partial charge in [0.25, 0.3) is 0 Å². The Morgan fingerprint density at radius 3 is 1.74 bits per heavy atom. The first-order valence-corrected chi connectivity index (χ1v) is 15.5. The highest BCUT2D eigenvalue weighted by molar-refractivity contribution is 5.95. The van der Waals surface area contributed by atoms with Gasteiger partial charge in [-0.1, -0.05) is 6.42 Å². The Balaban J connectivity index is 2.15. The van der Waals surface area contributed by atoms with Crippen molar-refractivity contribution in [1.29, 1.82) is 0 Å². The van der Waals surface area contributed by atoms with Crippen LogP contribution in [0.25, 0.3) is 0 Å². The number of nitrogens with zero attached hydrogens (tertiary/aromatic N) is 2. The van der Waals surface area contributed by atoms with E-state index in [1.807, 2.05) is 0 Å². The number of hydrogen-bond acceptors (Lipinski definition) is 9. The van der Waals surface area contributed by atoms with Gasteiger partial charge < -0.3 is 48.5 Å². The lowest BCUT2D eigenvalue weighted by Crippen LogP contribution is -2.58. The Bertz CT molecular complexity index is 906. The van der Waals surface area contributed by atoms with Crippen LogP contribution in [0.1, 0.15) is 83.5 Å². The average Bonchev–Trinajstić information content (AvgIpc) is 3.66. The number of carboxylic acid groups (broad SMARTS) is 1. The summed E-state index contributed by atoms with van der Waals surface area (Å²) in [7, 11) is 0. The predicted molar refractivity (Wildman–Crippen MR) is 158 cm³/mol. The van der Waals surface area contributed by atoms with Gasteiger partial charge >= 0.3 is 5.97 Å². The zero-order chi connectivity index (χ0) is 31.1. The second kappa shape index (κ2) is 18.7. The van der Waals surface area contributed by atoms with Gasteiger partial charge in [0.2, 0.25) is 23.6 Å². The average molecular weight is 597 g/mol. The first-order chi connectivity index (χ1) is 20.2. The smallest absolute Gasteiger partial charge is 0.326 e. The predicted octanol–water partition coefficient (Wildman–Crippen LogP) is -1.26. The van der Waals surface area contributed by atoms with E-state index in [1.165, 1.54) is 9.80 Å². The van der Waals surface area contributed by atoms with Gasteiger partial charge in [0.05, 0.1) is 6.04 Å². The Labute approximate surface area is 248 Å². The van der Waals surface area contributed by atoms with Crippen LogP contribution in [0.4, 0.5) is 0 Å². The van der Waals surface area contributed by atoms with Crippen molar-refractivity contribution in [3.63, 3.8) is 0 Å². The summed E-state index contributed by atoms with van der Waals surface area (Å²) in [6.45, 7) is 2.06. The molecule has 0 spiro atoms. The van der Waals surface area contributed by atoms with Crippen LogP contribution in [0.15, 0.2) is 0 Å². The quantitative estimate of drug-likeness (QED) is 0.0873. The highest BCUT2D eigenvalue weighted by atomic mass is 16.4. The van der Waals surface area contributed by atoms with Crippen LogP contribution in [0.3, 0.4) is 0 Å². The fourth-order valence-electron chi connectivity index (χ4n) is 5.69. The summed E-state index contributed by atoms with van der Waals surface area (Å²) in [5, 5.41) is 15.2. The second-order valence-corrected chi connectivity index (χ2v) is 11.3. The van der Waals surface area contributed by atoms with Gasteiger partial charge in [0.15, 0.2) is 0 Å². The lowest BCUT2D eigenvalue weighted by molar-refractivity contribution is -0.149. The van der Waals surface area contributed by atoms with E-state index in [9.17, 15) is 29.1 Å². The number of nitrogens with two attached hydrogens (primary N) is 4. The molecule has 4 amide bonds. The van der Waals surface area contributed by atoms with Crippen molar-refractivity contribution in [3.8, 4) is 0 Å². The van der Waals surface area contributed by atoms with Gasteiger partial charge in [-0.3, -0.25) is 19.2 Å². The van der Waals surface area contributed by atoms with E-state index < -0.39 is 53.9 Å². The molecular formula is C28H52N8O6. The number of rotatable bonds is 19. The van der Waals surface area contributed by atoms with Crippen molar-refractivity contribution in [1.82, 2.24) is 20.4 Å². The van der Waals surface area contributed by atoms with Gasteiger partial charge in [-0.25, -0.2) is 4.79 Å². The fourth-order valence-corrected chi connectivity index (χ4v) is 5.69. The lowest BCUT2D eigenvalue weighted by atomic mass is 10.0. The minimum absolute atomic E-state index is 0.291. The van der Waals surface area contributed by atoms with Crippen LogP contribution in [0.5, 0.6) is 0 Å². The van der Waals surface area contributed by atoms with E-state index >= 15 is 0 Å². The number of carbonyl (C=O) groups excluding carboxylic acids is 4. The van der Waals surface area contributed by atoms with Crippen LogP contribution >= 0.6 is 0 Å². The first kappa shape index (κ1) is 35.4. The van der Waals surface area contributed by atoms with Crippen LogP contribution in [-0.2, 0) is 24.0 Å². The molecule has 42 heavy (non-hydrogen) atoms. The SMILES string of the molecule is NCCCC[C@H](NC(=O)[C@@H]1CCCN1C(=O)[C@@H](N)CCCCN)C(=O)N[C@@H](CCCCN)C(=O)N1CCC[C@H]1C(=O)O. The molecule has 0 radical (unpaired) electrons. The summed E-state index contributed by atoms with van der Waals surface area (Å²) in [5.41, 5.74) is 22.9. The van der Waals surface area contributed by atoms with E-state index in [1.54, 1.807) is 0 Å². The van der Waals surface area contributed by atoms with Gasteiger partial charge in [0.1, 0.15) is 24.2 Å². The number of carbonyl (C=O) groups is 5. The largest absolute Gasteiger partial charge is 0.480 e. The minimum Gasteiger partial charge on any atom is -0.480 e. The van der Waals surface area contributed by atoms with E-state index in [-0.39, 0.29) is 5.91 Å². The Kier molecular flexibility index (Phi) is 15.7. The molecule has 0 aromatic heterocycles. The topological polar surface area (TPSA) is 240 Å². The Morgan fingerprint density at radius 1 is 0.690 bits per heavy atom. The first-order valence-electron chi connectivity index (χ1n) is 15.5. The molecule has 2 heterocycles. The molecule has 240 valence electrons. The summed E-state index contributed by atoms with van der Waals surface area (Å²) in [6, 6.07) is -4.31. The molecule has 0 aromatic rings. The van der Waals surface area contributed by atoms with E-state index in [0.29, 0.717) is 110 Å². The summed E-state index contributed by atoms with van der Waals surface area (Å²) in [6.07, 6.45) is 6.95. The van der Waals surface area contributed by atoms with Crippen molar-refractivity contribution in [3.05, 3.63) is 0 Å². The van der Waals surface area contributed by atoms with Crippen molar-refractivity contribution in [2.75, 3.05) is 32.7 Å². The van der Waals surface area contributed by atoms with Crippen molar-refractivity contribution < 1.29 is 29.1 Å². The summed E-state index contributed by atoms with van der Waals surface area (Å²) >= 11 is 0. The molecule has 2 aliphatic heterocycles. The summed E-state index contributed by atoms with van der Waals surface area (Å²) in [4.78, 5) is 68.0. The maximum Gasteiger partial charge on any atom is 0.326 e. The fraction of sp³-hybridized carbons (Fsp3) is 0.821. The van der Waals surface area contributed by atoms with Crippen molar-refractivity contribution >= 4 is 29.6 Å². The van der Waals surface area contributed by atoms with Crippen LogP contribution in [0.2, 0.25) is 0 Å². The maximum absolute atomic E-state index is 13.6. The molecule has 0 unspecified atom stereocenters. The molecule has 0 saturated carbocycles. The third-order valence-electron chi connectivity index (χ3n) is 8.09. The molecule has 11 N–H and O–H groups in total. The standard InChI is InChI=1S/C28H52N8O6/c29-14-4-1-9-19(32)26(39)35-17-7-12-22(35)25(38)33-20(10-2-5-15-30)24(37)34-21(11-3-6-16-31)27(40)36-18-8-13-23(36)28(41)42/h19-23H,1-18,29-32H2,(H,33,38)(H,34,37)(H,41,42)/t19-,20-,21-,22-,23-/m0/s1. The highest BCUT2D eigenvalue weighted by Gasteiger charge is 2.40. The number of nitrogens with one attached hydrogen (secondary N) is 2. The van der Waals surface area contributed by atoms with Crippen molar-refractivity contribution in [2.45, 2.75) is 114 Å². The normalized spacial score (nSPS) is 20.7. The molecule has 0 aromatic carbocycles. The second-order valence-electron chi connectivity index (χ2n) is 11.3. The molecule has 0 aliphatic carbocycles. The lowest BCUT2D eigenvalue weighted by Gasteiger charge is -2.30. The molecule has 2 fully saturated rings. The summed E-state index contributed by atoms with van der Waals surface area (Å²) < 4.78 is 0. The number of hydrogen-bond donors (Lipinski definition) is 7. The molecule has 14 heteroatoms. The maximum atomic E-state index is 13.6. The van der Waals surface area contributed by atoms with Crippen LogP contribution in [0, 0.1) is 0 Å². The highest BCUT2D eigenvalue weighted by Crippen LogP contribution is 2.21. The Morgan fingerprint density at radius 2 is 1.19 bits per heavy atom. The molecule has 2 saturated heterocycles. The molecular weight excluding hydrogens is 544 g/mol. The Hall–Kier alpha value is -2.81. The number of likely N-dealkylation sites (tertiary alicyclic amines) is 2. The van der Waals surface area contributed by atoms with Gasteiger partial charge in [0, 0.05) is 13.1 Å². The summed E-state index contributed by atoms with van der Waals surface area (Å²) in [5.74, 6) is -2.80. The van der Waals surface area contributed by atoms with E-state index in [0.717, 1.165) is 6.42 Å². The zero-order valence-electron chi connectivity index (χ0n) is 24.8. The minimum atomic E-state index is -1.07. The van der Waals surface area contributed by atoms with Crippen molar-refractivity contribution in [2.24, 2.45) is 22.9 Å². The molecule has 2 aliphatic rings. The van der Waals surface area contributed by atoms with Crippen LogP contribution in [-0.4, -0.2) is 107 Å². The third kappa shape index (κ3) is 10.5. The molecule has 14 nitrogen and oxygen atoms in total. The third-order valence-corrected chi connectivity index (χ3v) is 8.09. The molecule has 2 rings (SSSR count). The molecule has 0 bridgehead atoms. The molecule has 5 atom stereocenters. The van der Waals surface area contributed by atoms with E-state index in [2.05, 4.69) is 10.6 Å². The number of unbranched alkanes of at least 4 members (excludes halogenated alkanes) is 3. The van der Waals surface area contributed by atoms with Gasteiger partial charge in [-0.15, -0.1) is 0 Å². The van der Waals surface area contributed by atoms with Gasteiger partial charge in [-0.2, -0.15) is 0 Å². The monoisotopic (exact) mass is 596 g/mol. The number of amides is 4. The number of aliphatic carboxylic acids is 1. The number of carboxylic acids is 1. The van der Waals surface area contributed by atoms with Crippen LogP contribution < -0.4 is 33.6 Å². The van der Waals surface area contributed by atoms with E-state index in [4.69, 9.17) is 22.9 Å². The zero-order valence-corrected chi connectivity index (χ0v) is 24.8.